The molecule has 4 nitrogen and oxygen atoms in total. The molecular weight excluding hydrogens is 419 g/mol. The molecule has 1 atom stereocenters. The second-order valence-electron chi connectivity index (χ2n) is 6.28. The first-order valence-electron chi connectivity index (χ1n) is 9.17. The number of ether oxygens (including phenoxy) is 1. The Morgan fingerprint density at radius 3 is 2.21 bits per heavy atom. The maximum atomic E-state index is 13.3. The molecule has 0 amide bonds. The van der Waals surface area contributed by atoms with Crippen molar-refractivity contribution in [3.8, 4) is 0 Å². The van der Waals surface area contributed by atoms with Gasteiger partial charge < -0.3 is 0 Å². The topological polar surface area (TPSA) is 60.4 Å². The summed E-state index contributed by atoms with van der Waals surface area (Å²) in [6.45, 7) is 5.59. The van der Waals surface area contributed by atoms with Gasteiger partial charge in [-0.3, -0.25) is 0 Å². The van der Waals surface area contributed by atoms with Gasteiger partial charge in [0, 0.05) is 0 Å². The molecule has 0 saturated heterocycles. The molecular formula is C23H24O4Se. The molecule has 0 saturated carbocycles. The summed E-state index contributed by atoms with van der Waals surface area (Å²) in [6.07, 6.45) is 1.93. The number of ketones is 1. The molecule has 0 N–H and O–H groups in total. The quantitative estimate of drug-likeness (QED) is 0.176. The van der Waals surface area contributed by atoms with Crippen LogP contribution in [0.1, 0.15) is 36.5 Å². The summed E-state index contributed by atoms with van der Waals surface area (Å²) >= 11 is -0.356. The van der Waals surface area contributed by atoms with Gasteiger partial charge in [0.05, 0.1) is 0 Å². The number of carbonyl (C=O) groups excluding carboxylic acids is 3. The Balaban J connectivity index is 2.26. The van der Waals surface area contributed by atoms with Crippen LogP contribution >= 0.6 is 0 Å². The van der Waals surface area contributed by atoms with Crippen molar-refractivity contribution < 1.29 is 19.1 Å². The van der Waals surface area contributed by atoms with E-state index in [4.69, 9.17) is 4.74 Å². The fourth-order valence-corrected chi connectivity index (χ4v) is 4.55. The second kappa shape index (κ2) is 10.7. The molecule has 1 unspecified atom stereocenters. The van der Waals surface area contributed by atoms with Crippen molar-refractivity contribution in [2.75, 3.05) is 6.61 Å². The molecule has 0 spiro atoms. The van der Waals surface area contributed by atoms with Gasteiger partial charge in [0.25, 0.3) is 0 Å². The van der Waals surface area contributed by atoms with Gasteiger partial charge in [-0.15, -0.1) is 0 Å². The fourth-order valence-electron chi connectivity index (χ4n) is 2.95. The fraction of sp³-hybridized carbons (Fsp3) is 0.261. The molecule has 146 valence electrons. The first-order chi connectivity index (χ1) is 13.5. The van der Waals surface area contributed by atoms with E-state index in [1.54, 1.807) is 37.3 Å². The summed E-state index contributed by atoms with van der Waals surface area (Å²) in [4.78, 5) is 38.7. The van der Waals surface area contributed by atoms with Crippen LogP contribution in [0, 0.1) is 5.41 Å². The predicted molar refractivity (Wildman–Crippen MR) is 111 cm³/mol. The van der Waals surface area contributed by atoms with Crippen LogP contribution in [0.4, 0.5) is 0 Å². The summed E-state index contributed by atoms with van der Waals surface area (Å²) in [7, 11) is 0. The molecule has 5 heteroatoms. The van der Waals surface area contributed by atoms with Crippen LogP contribution in [0.3, 0.4) is 0 Å². The Bertz CT molecular complexity index is 817. The van der Waals surface area contributed by atoms with E-state index in [1.165, 1.54) is 0 Å². The molecule has 0 aromatic heterocycles. The van der Waals surface area contributed by atoms with Crippen molar-refractivity contribution in [3.05, 3.63) is 78.9 Å². The number of esters is 1. The minimum atomic E-state index is -1.43. The molecule has 0 aliphatic rings. The minimum absolute atomic E-state index is 0.0392. The Hall–Kier alpha value is -2.49. The standard InChI is InChI=1S/C23H24O4Se/c1-3-16-23(22(26)27-4-2,21(25)18-11-7-5-8-12-18)17-15-20(24)28-19-13-9-6-10-14-19/h3,5-14H,1,4,15-17H2,2H3. The number of Topliss-reactive ketones (excluding diaryl/α,β-unsaturated/α-hetero) is 1. The number of hydrogen-bond acceptors (Lipinski definition) is 4. The number of rotatable bonds is 11. The molecule has 0 aliphatic carbocycles. The van der Waals surface area contributed by atoms with Gasteiger partial charge in [-0.05, 0) is 0 Å². The van der Waals surface area contributed by atoms with E-state index >= 15 is 0 Å². The van der Waals surface area contributed by atoms with E-state index in [1.807, 2.05) is 36.4 Å². The monoisotopic (exact) mass is 444 g/mol. The summed E-state index contributed by atoms with van der Waals surface area (Å²) in [6, 6.07) is 18.2. The van der Waals surface area contributed by atoms with Crippen LogP contribution in [0.25, 0.3) is 0 Å². The third-order valence-electron chi connectivity index (χ3n) is 4.36. The van der Waals surface area contributed by atoms with E-state index in [2.05, 4.69) is 6.58 Å². The molecule has 0 fully saturated rings. The maximum absolute atomic E-state index is 13.3. The van der Waals surface area contributed by atoms with Gasteiger partial charge in [-0.1, -0.05) is 0 Å². The van der Waals surface area contributed by atoms with Gasteiger partial charge in [-0.25, -0.2) is 0 Å². The van der Waals surface area contributed by atoms with E-state index in [0.29, 0.717) is 5.56 Å². The van der Waals surface area contributed by atoms with Crippen LogP contribution in [-0.2, 0) is 14.3 Å². The molecule has 2 aromatic carbocycles. The Morgan fingerprint density at radius 2 is 1.64 bits per heavy atom. The Morgan fingerprint density at radius 1 is 1.04 bits per heavy atom. The Labute approximate surface area is 172 Å². The van der Waals surface area contributed by atoms with E-state index in [9.17, 15) is 14.4 Å². The van der Waals surface area contributed by atoms with Crippen molar-refractivity contribution in [2.24, 2.45) is 5.41 Å². The van der Waals surface area contributed by atoms with Gasteiger partial charge in [0.2, 0.25) is 0 Å². The number of carbonyl (C=O) groups is 3. The van der Waals surface area contributed by atoms with E-state index < -0.39 is 11.4 Å². The van der Waals surface area contributed by atoms with Crippen molar-refractivity contribution in [1.29, 1.82) is 0 Å². The first kappa shape index (κ1) is 21.8. The van der Waals surface area contributed by atoms with Gasteiger partial charge in [0.15, 0.2) is 0 Å². The normalized spacial score (nSPS) is 12.6. The SMILES string of the molecule is C=CCC(CCC(=O)[Se]c1ccccc1)(C(=O)OCC)C(=O)c1ccccc1. The first-order valence-corrected chi connectivity index (χ1v) is 10.9. The van der Waals surface area contributed by atoms with Crippen molar-refractivity contribution in [3.63, 3.8) is 0 Å². The summed E-state index contributed by atoms with van der Waals surface area (Å²) in [5, 5.41) is 0. The molecule has 0 heterocycles. The van der Waals surface area contributed by atoms with Crippen molar-refractivity contribution in [1.82, 2.24) is 0 Å². The number of allylic oxidation sites excluding steroid dienone is 1. The number of hydrogen-bond donors (Lipinski definition) is 0. The van der Waals surface area contributed by atoms with Crippen LogP contribution < -0.4 is 4.46 Å². The van der Waals surface area contributed by atoms with Crippen molar-refractivity contribution in [2.45, 2.75) is 26.2 Å². The zero-order valence-electron chi connectivity index (χ0n) is 15.9. The predicted octanol–water partition coefficient (Wildman–Crippen LogP) is 3.33. The van der Waals surface area contributed by atoms with Crippen LogP contribution in [-0.4, -0.2) is 38.0 Å². The molecule has 0 bridgehead atoms. The molecule has 0 radical (unpaired) electrons. The van der Waals surface area contributed by atoms with Crippen LogP contribution in [0.2, 0.25) is 0 Å². The van der Waals surface area contributed by atoms with Gasteiger partial charge >= 0.3 is 172 Å². The zero-order chi connectivity index (χ0) is 20.4. The average molecular weight is 443 g/mol. The average Bonchev–Trinajstić information content (AvgIpc) is 2.72. The summed E-state index contributed by atoms with van der Waals surface area (Å²) < 4.78 is 6.25. The summed E-state index contributed by atoms with van der Waals surface area (Å²) in [5.74, 6) is -0.921. The van der Waals surface area contributed by atoms with Gasteiger partial charge in [-0.2, -0.15) is 0 Å². The molecule has 2 rings (SSSR count). The Kier molecular flexibility index (Phi) is 8.37. The van der Waals surface area contributed by atoms with Crippen LogP contribution in [0.15, 0.2) is 73.3 Å². The summed E-state index contributed by atoms with van der Waals surface area (Å²) in [5.41, 5.74) is -1.000. The van der Waals surface area contributed by atoms with E-state index in [-0.39, 0.29) is 51.3 Å². The third kappa shape index (κ3) is 5.51. The molecule has 28 heavy (non-hydrogen) atoms. The van der Waals surface area contributed by atoms with E-state index in [0.717, 1.165) is 4.46 Å². The molecule has 2 aromatic rings. The third-order valence-corrected chi connectivity index (χ3v) is 6.33. The van der Waals surface area contributed by atoms with Crippen LogP contribution in [0.5, 0.6) is 0 Å². The zero-order valence-corrected chi connectivity index (χ0v) is 17.6. The van der Waals surface area contributed by atoms with Gasteiger partial charge in [0.1, 0.15) is 0 Å². The number of benzene rings is 2. The molecule has 0 aliphatic heterocycles. The second-order valence-corrected chi connectivity index (χ2v) is 8.65. The van der Waals surface area contributed by atoms with Crippen molar-refractivity contribution >= 4 is 35.9 Å².